The fourth-order valence-corrected chi connectivity index (χ4v) is 3.74. The molecule has 4 rings (SSSR count). The number of anilines is 2. The molecule has 3 heterocycles. The lowest BCUT2D eigenvalue weighted by Gasteiger charge is -2.21. The molecular weight excluding hydrogens is 342 g/mol. The molecule has 0 bridgehead atoms. The van der Waals surface area contributed by atoms with Crippen LogP contribution >= 0.6 is 0 Å². The average molecular weight is 363 g/mol. The van der Waals surface area contributed by atoms with Crippen LogP contribution in [-0.2, 0) is 0 Å². The first-order valence-corrected chi connectivity index (χ1v) is 9.16. The fourth-order valence-electron chi connectivity index (χ4n) is 3.74. The molecule has 1 fully saturated rings. The highest BCUT2D eigenvalue weighted by atomic mass is 16.5. The van der Waals surface area contributed by atoms with Crippen LogP contribution in [-0.4, -0.2) is 24.9 Å². The molecule has 8 nitrogen and oxygen atoms in total. The van der Waals surface area contributed by atoms with E-state index in [9.17, 15) is 5.26 Å². The lowest BCUT2D eigenvalue weighted by atomic mass is 9.96. The van der Waals surface area contributed by atoms with Gasteiger partial charge in [-0.2, -0.15) is 10.4 Å². The van der Waals surface area contributed by atoms with E-state index in [0.29, 0.717) is 24.0 Å². The summed E-state index contributed by atoms with van der Waals surface area (Å²) in [6, 6.07) is 2.45. The quantitative estimate of drug-likeness (QED) is 0.705. The summed E-state index contributed by atoms with van der Waals surface area (Å²) in [5.74, 6) is 0.991. The maximum atomic E-state index is 9.25. The predicted octanol–water partition coefficient (Wildman–Crippen LogP) is 4.03. The molecule has 1 aliphatic carbocycles. The second-order valence-corrected chi connectivity index (χ2v) is 6.95. The van der Waals surface area contributed by atoms with E-state index in [1.165, 1.54) is 31.9 Å². The molecule has 0 aromatic carbocycles. The van der Waals surface area contributed by atoms with Crippen LogP contribution in [0.1, 0.15) is 43.7 Å². The Morgan fingerprint density at radius 3 is 2.93 bits per heavy atom. The van der Waals surface area contributed by atoms with Gasteiger partial charge in [-0.25, -0.2) is 9.97 Å². The maximum Gasteiger partial charge on any atom is 0.227 e. The Balaban J connectivity index is 1.61. The van der Waals surface area contributed by atoms with Gasteiger partial charge in [0, 0.05) is 18.0 Å². The van der Waals surface area contributed by atoms with Crippen molar-refractivity contribution in [3.63, 3.8) is 0 Å². The SMILES string of the molecule is Cc1cnc(Nc2cnoc2)nc1-c1cnn([C@H](CC#N)C2CCCC2)c1. The van der Waals surface area contributed by atoms with Gasteiger partial charge in [0.2, 0.25) is 5.95 Å². The van der Waals surface area contributed by atoms with E-state index in [4.69, 9.17) is 4.52 Å². The number of nitrogens with one attached hydrogen (secondary N) is 1. The number of nitriles is 1. The van der Waals surface area contributed by atoms with Crippen molar-refractivity contribution in [2.24, 2.45) is 5.92 Å². The number of nitrogens with zero attached hydrogens (tertiary/aromatic N) is 6. The zero-order chi connectivity index (χ0) is 18.6. The molecule has 1 atom stereocenters. The molecule has 1 saturated carbocycles. The van der Waals surface area contributed by atoms with Crippen molar-refractivity contribution in [2.75, 3.05) is 5.32 Å². The van der Waals surface area contributed by atoms with E-state index in [1.807, 2.05) is 24.0 Å². The second kappa shape index (κ2) is 7.58. The standard InChI is InChI=1S/C19H21N7O/c1-13-8-21-19(24-16-10-23-27-12-16)25-18(13)15-9-22-26(11-15)17(6-7-20)14-4-2-3-5-14/h8-12,14,17H,2-6H2,1H3,(H,21,24,25)/t17-/m1/s1. The van der Waals surface area contributed by atoms with E-state index >= 15 is 0 Å². The van der Waals surface area contributed by atoms with Crippen molar-refractivity contribution in [2.45, 2.75) is 45.1 Å². The van der Waals surface area contributed by atoms with Crippen LogP contribution in [0.3, 0.4) is 0 Å². The third-order valence-corrected chi connectivity index (χ3v) is 5.12. The van der Waals surface area contributed by atoms with Crippen LogP contribution in [0, 0.1) is 24.2 Å². The van der Waals surface area contributed by atoms with E-state index < -0.39 is 0 Å². The molecule has 3 aromatic heterocycles. The minimum atomic E-state index is 0.128. The molecule has 0 unspecified atom stereocenters. The summed E-state index contributed by atoms with van der Waals surface area (Å²) in [5.41, 5.74) is 3.39. The molecule has 0 aliphatic heterocycles. The maximum absolute atomic E-state index is 9.25. The van der Waals surface area contributed by atoms with E-state index in [-0.39, 0.29) is 6.04 Å². The third-order valence-electron chi connectivity index (χ3n) is 5.12. The Hall–Kier alpha value is -3.21. The Bertz CT molecular complexity index is 935. The van der Waals surface area contributed by atoms with Crippen molar-refractivity contribution >= 4 is 11.6 Å². The lowest BCUT2D eigenvalue weighted by molar-refractivity contribution is 0.315. The molecule has 0 spiro atoms. The van der Waals surface area contributed by atoms with Crippen LogP contribution in [0.4, 0.5) is 11.6 Å². The van der Waals surface area contributed by atoms with E-state index in [2.05, 4.69) is 31.6 Å². The third kappa shape index (κ3) is 3.67. The molecule has 1 N–H and O–H groups in total. The largest absolute Gasteiger partial charge is 0.363 e. The van der Waals surface area contributed by atoms with Gasteiger partial charge in [-0.05, 0) is 31.2 Å². The summed E-state index contributed by atoms with van der Waals surface area (Å²) in [7, 11) is 0. The van der Waals surface area contributed by atoms with Gasteiger partial charge in [-0.3, -0.25) is 4.68 Å². The van der Waals surface area contributed by atoms with Crippen molar-refractivity contribution in [3.8, 4) is 17.3 Å². The van der Waals surface area contributed by atoms with Crippen molar-refractivity contribution < 1.29 is 4.52 Å². The number of aromatic nitrogens is 5. The zero-order valence-corrected chi connectivity index (χ0v) is 15.2. The summed E-state index contributed by atoms with van der Waals surface area (Å²) in [6.07, 6.45) is 13.9. The zero-order valence-electron chi connectivity index (χ0n) is 15.2. The van der Waals surface area contributed by atoms with Crippen molar-refractivity contribution in [3.05, 3.63) is 36.6 Å². The Labute approximate surface area is 157 Å². The predicted molar refractivity (Wildman–Crippen MR) is 99.0 cm³/mol. The molecule has 1 aliphatic rings. The number of aryl methyl sites for hydroxylation is 1. The highest BCUT2D eigenvalue weighted by molar-refractivity contribution is 5.63. The highest BCUT2D eigenvalue weighted by Gasteiger charge is 2.27. The minimum absolute atomic E-state index is 0.128. The molecule has 138 valence electrons. The first-order chi connectivity index (χ1) is 13.2. The molecule has 0 amide bonds. The molecule has 0 saturated heterocycles. The Kier molecular flexibility index (Phi) is 4.83. The van der Waals surface area contributed by atoms with Gasteiger partial charge in [0.05, 0.1) is 36.6 Å². The van der Waals surface area contributed by atoms with Gasteiger partial charge < -0.3 is 9.84 Å². The summed E-state index contributed by atoms with van der Waals surface area (Å²) in [6.45, 7) is 1.97. The van der Waals surface area contributed by atoms with Crippen LogP contribution in [0.15, 0.2) is 35.6 Å². The summed E-state index contributed by atoms with van der Waals surface area (Å²) >= 11 is 0. The van der Waals surface area contributed by atoms with Gasteiger partial charge >= 0.3 is 0 Å². The summed E-state index contributed by atoms with van der Waals surface area (Å²) in [4.78, 5) is 8.94. The normalized spacial score (nSPS) is 15.6. The van der Waals surface area contributed by atoms with Crippen molar-refractivity contribution in [1.29, 1.82) is 5.26 Å². The lowest BCUT2D eigenvalue weighted by Crippen LogP contribution is -2.17. The molecule has 27 heavy (non-hydrogen) atoms. The van der Waals surface area contributed by atoms with Crippen LogP contribution in [0.5, 0.6) is 0 Å². The topological polar surface area (TPSA) is 105 Å². The molecule has 8 heteroatoms. The molecule has 3 aromatic rings. The average Bonchev–Trinajstić information content (AvgIpc) is 3.44. The second-order valence-electron chi connectivity index (χ2n) is 6.95. The smallest absolute Gasteiger partial charge is 0.227 e. The fraction of sp³-hybridized carbons (Fsp3) is 0.421. The van der Waals surface area contributed by atoms with Gasteiger partial charge in [-0.15, -0.1) is 0 Å². The highest BCUT2D eigenvalue weighted by Crippen LogP contribution is 2.36. The van der Waals surface area contributed by atoms with Crippen LogP contribution < -0.4 is 5.32 Å². The Morgan fingerprint density at radius 2 is 2.19 bits per heavy atom. The number of hydrogen-bond donors (Lipinski definition) is 1. The van der Waals surface area contributed by atoms with E-state index in [1.54, 1.807) is 12.4 Å². The monoisotopic (exact) mass is 363 g/mol. The Morgan fingerprint density at radius 1 is 1.33 bits per heavy atom. The first kappa shape index (κ1) is 17.2. The van der Waals surface area contributed by atoms with Gasteiger partial charge in [0.1, 0.15) is 12.0 Å². The van der Waals surface area contributed by atoms with Crippen molar-refractivity contribution in [1.82, 2.24) is 24.9 Å². The van der Waals surface area contributed by atoms with E-state index in [0.717, 1.165) is 16.8 Å². The summed E-state index contributed by atoms with van der Waals surface area (Å²) < 4.78 is 6.77. The minimum Gasteiger partial charge on any atom is -0.363 e. The number of hydrogen-bond acceptors (Lipinski definition) is 7. The van der Waals surface area contributed by atoms with Crippen LogP contribution in [0.2, 0.25) is 0 Å². The summed E-state index contributed by atoms with van der Waals surface area (Å²) in [5, 5.41) is 20.5. The molecule has 0 radical (unpaired) electrons. The number of rotatable bonds is 6. The van der Waals surface area contributed by atoms with Gasteiger partial charge in [0.15, 0.2) is 0 Å². The van der Waals surface area contributed by atoms with Crippen LogP contribution in [0.25, 0.3) is 11.3 Å². The van der Waals surface area contributed by atoms with Gasteiger partial charge in [-0.1, -0.05) is 18.0 Å². The molecular formula is C19H21N7O. The van der Waals surface area contributed by atoms with Gasteiger partial charge in [0.25, 0.3) is 0 Å². The first-order valence-electron chi connectivity index (χ1n) is 9.16.